The molecule has 2 bridgehead atoms. The second-order valence-corrected chi connectivity index (χ2v) is 6.33. The molecule has 0 aliphatic carbocycles. The van der Waals surface area contributed by atoms with Gasteiger partial charge in [0, 0.05) is 42.8 Å². The summed E-state index contributed by atoms with van der Waals surface area (Å²) in [4.78, 5) is 8.33. The van der Waals surface area contributed by atoms with Gasteiger partial charge in [-0.1, -0.05) is 0 Å². The van der Waals surface area contributed by atoms with Gasteiger partial charge in [-0.15, -0.1) is 23.7 Å². The molecule has 5 heteroatoms. The number of hydrogen-bond donors (Lipinski definition) is 1. The van der Waals surface area contributed by atoms with Gasteiger partial charge in [-0.05, 0) is 26.2 Å². The maximum atomic E-state index is 4.33. The van der Waals surface area contributed by atoms with Crippen LogP contribution in [0.25, 0.3) is 0 Å². The zero-order chi connectivity index (χ0) is 11.0. The first-order valence-electron chi connectivity index (χ1n) is 6.19. The number of aryl methyl sites for hydroxylation is 1. The Morgan fingerprint density at radius 3 is 3.00 bits per heavy atom. The highest BCUT2D eigenvalue weighted by molar-refractivity contribution is 7.11. The Bertz CT molecular complexity index is 368. The van der Waals surface area contributed by atoms with Crippen molar-refractivity contribution < 1.29 is 0 Å². The Kier molecular flexibility index (Phi) is 4.42. The quantitative estimate of drug-likeness (QED) is 0.895. The van der Waals surface area contributed by atoms with E-state index >= 15 is 0 Å². The van der Waals surface area contributed by atoms with Crippen LogP contribution < -0.4 is 5.32 Å². The van der Waals surface area contributed by atoms with E-state index in [-0.39, 0.29) is 12.4 Å². The second kappa shape index (κ2) is 5.65. The molecule has 0 amide bonds. The molecule has 2 aliphatic heterocycles. The first kappa shape index (κ1) is 13.3. The smallest absolute Gasteiger partial charge is 0.0897 e. The molecule has 17 heavy (non-hydrogen) atoms. The third kappa shape index (κ3) is 3.19. The number of halogens is 1. The largest absolute Gasteiger partial charge is 0.310 e. The highest BCUT2D eigenvalue weighted by atomic mass is 35.5. The SMILES string of the molecule is Cc1ncc(CN2CCC3CCC(C2)N3)s1.Cl. The molecule has 1 aromatic heterocycles. The molecule has 1 N–H and O–H groups in total. The molecule has 2 atom stereocenters. The van der Waals surface area contributed by atoms with E-state index in [0.29, 0.717) is 0 Å². The van der Waals surface area contributed by atoms with Crippen molar-refractivity contribution in [2.75, 3.05) is 13.1 Å². The van der Waals surface area contributed by atoms with Crippen molar-refractivity contribution in [1.82, 2.24) is 15.2 Å². The molecule has 0 aromatic carbocycles. The van der Waals surface area contributed by atoms with Crippen LogP contribution in [0.2, 0.25) is 0 Å². The molecule has 2 fully saturated rings. The van der Waals surface area contributed by atoms with E-state index in [1.165, 1.54) is 42.2 Å². The Balaban J connectivity index is 0.00000108. The minimum atomic E-state index is 0. The van der Waals surface area contributed by atoms with Crippen LogP contribution in [0, 0.1) is 6.92 Å². The van der Waals surface area contributed by atoms with Crippen LogP contribution in [0.5, 0.6) is 0 Å². The van der Waals surface area contributed by atoms with Crippen molar-refractivity contribution in [2.24, 2.45) is 0 Å². The van der Waals surface area contributed by atoms with Gasteiger partial charge in [0.1, 0.15) is 0 Å². The van der Waals surface area contributed by atoms with Crippen LogP contribution in [-0.2, 0) is 6.54 Å². The standard InChI is InChI=1S/C12H19N3S.ClH/c1-9-13-6-12(16-9)8-15-5-4-10-2-3-11(7-15)14-10;/h6,10-11,14H,2-5,7-8H2,1H3;1H. The zero-order valence-electron chi connectivity index (χ0n) is 10.2. The van der Waals surface area contributed by atoms with Crippen molar-refractivity contribution in [3.8, 4) is 0 Å². The molecular weight excluding hydrogens is 254 g/mol. The van der Waals surface area contributed by atoms with E-state index in [2.05, 4.69) is 22.1 Å². The van der Waals surface area contributed by atoms with Gasteiger partial charge in [0.05, 0.1) is 5.01 Å². The highest BCUT2D eigenvalue weighted by Gasteiger charge is 2.29. The summed E-state index contributed by atoms with van der Waals surface area (Å²) in [5, 5.41) is 4.90. The molecule has 2 aliphatic rings. The molecular formula is C12H20ClN3S. The summed E-state index contributed by atoms with van der Waals surface area (Å²) in [5.41, 5.74) is 0. The van der Waals surface area contributed by atoms with Crippen molar-refractivity contribution in [3.05, 3.63) is 16.1 Å². The lowest BCUT2D eigenvalue weighted by atomic mass is 10.1. The maximum Gasteiger partial charge on any atom is 0.0897 e. The summed E-state index contributed by atoms with van der Waals surface area (Å²) in [6, 6.07) is 1.53. The summed E-state index contributed by atoms with van der Waals surface area (Å²) in [7, 11) is 0. The highest BCUT2D eigenvalue weighted by Crippen LogP contribution is 2.22. The van der Waals surface area contributed by atoms with Gasteiger partial charge < -0.3 is 5.32 Å². The first-order chi connectivity index (χ1) is 7.79. The fraction of sp³-hybridized carbons (Fsp3) is 0.750. The van der Waals surface area contributed by atoms with Gasteiger partial charge in [-0.3, -0.25) is 4.90 Å². The van der Waals surface area contributed by atoms with Crippen LogP contribution in [0.4, 0.5) is 0 Å². The predicted molar refractivity (Wildman–Crippen MR) is 73.9 cm³/mol. The molecule has 3 heterocycles. The third-order valence-electron chi connectivity index (χ3n) is 3.66. The minimum Gasteiger partial charge on any atom is -0.310 e. The van der Waals surface area contributed by atoms with E-state index in [1.54, 1.807) is 0 Å². The summed E-state index contributed by atoms with van der Waals surface area (Å²) in [5.74, 6) is 0. The monoisotopic (exact) mass is 273 g/mol. The van der Waals surface area contributed by atoms with Gasteiger partial charge in [0.25, 0.3) is 0 Å². The van der Waals surface area contributed by atoms with Crippen LogP contribution in [0.3, 0.4) is 0 Å². The number of likely N-dealkylation sites (tertiary alicyclic amines) is 1. The van der Waals surface area contributed by atoms with Crippen LogP contribution in [0.15, 0.2) is 6.20 Å². The average molecular weight is 274 g/mol. The Hall–Kier alpha value is -0.160. The zero-order valence-corrected chi connectivity index (χ0v) is 11.8. The van der Waals surface area contributed by atoms with Crippen LogP contribution in [-0.4, -0.2) is 35.1 Å². The number of aromatic nitrogens is 1. The number of thiazole rings is 1. The Labute approximate surface area is 113 Å². The van der Waals surface area contributed by atoms with Crippen molar-refractivity contribution in [2.45, 2.75) is 44.8 Å². The van der Waals surface area contributed by atoms with E-state index in [4.69, 9.17) is 0 Å². The van der Waals surface area contributed by atoms with E-state index in [1.807, 2.05) is 17.5 Å². The molecule has 96 valence electrons. The minimum absolute atomic E-state index is 0. The summed E-state index contributed by atoms with van der Waals surface area (Å²) < 4.78 is 0. The molecule has 0 spiro atoms. The van der Waals surface area contributed by atoms with Gasteiger partial charge in [0.2, 0.25) is 0 Å². The third-order valence-corrected chi connectivity index (χ3v) is 4.55. The average Bonchev–Trinajstić information content (AvgIpc) is 2.77. The Morgan fingerprint density at radius 1 is 1.41 bits per heavy atom. The van der Waals surface area contributed by atoms with Crippen LogP contribution >= 0.6 is 23.7 Å². The fourth-order valence-electron chi connectivity index (χ4n) is 2.86. The first-order valence-corrected chi connectivity index (χ1v) is 7.01. The normalized spacial score (nSPS) is 28.8. The van der Waals surface area contributed by atoms with E-state index in [9.17, 15) is 0 Å². The number of nitrogens with zero attached hydrogens (tertiary/aromatic N) is 2. The molecule has 2 saturated heterocycles. The molecule has 3 nitrogen and oxygen atoms in total. The predicted octanol–water partition coefficient (Wildman–Crippen LogP) is 2.20. The van der Waals surface area contributed by atoms with Gasteiger partial charge in [-0.25, -0.2) is 4.98 Å². The lowest BCUT2D eigenvalue weighted by molar-refractivity contribution is 0.253. The lowest BCUT2D eigenvalue weighted by Gasteiger charge is -2.22. The van der Waals surface area contributed by atoms with Crippen molar-refractivity contribution in [3.63, 3.8) is 0 Å². The molecule has 3 rings (SSSR count). The summed E-state index contributed by atoms with van der Waals surface area (Å²) in [6.45, 7) is 5.63. The number of fused-ring (bicyclic) bond motifs is 2. The van der Waals surface area contributed by atoms with E-state index in [0.717, 1.165) is 18.6 Å². The fourth-order valence-corrected chi connectivity index (χ4v) is 3.70. The Morgan fingerprint density at radius 2 is 2.24 bits per heavy atom. The second-order valence-electron chi connectivity index (χ2n) is 5.01. The molecule has 1 aromatic rings. The molecule has 0 saturated carbocycles. The van der Waals surface area contributed by atoms with Gasteiger partial charge in [-0.2, -0.15) is 0 Å². The molecule has 2 unspecified atom stereocenters. The summed E-state index contributed by atoms with van der Waals surface area (Å²) in [6.07, 6.45) is 6.10. The topological polar surface area (TPSA) is 28.2 Å². The maximum absolute atomic E-state index is 4.33. The number of rotatable bonds is 2. The number of hydrogen-bond acceptors (Lipinski definition) is 4. The molecule has 0 radical (unpaired) electrons. The van der Waals surface area contributed by atoms with Gasteiger partial charge >= 0.3 is 0 Å². The van der Waals surface area contributed by atoms with Gasteiger partial charge in [0.15, 0.2) is 0 Å². The lowest BCUT2D eigenvalue weighted by Crippen LogP contribution is -2.34. The van der Waals surface area contributed by atoms with Crippen LogP contribution in [0.1, 0.15) is 29.1 Å². The summed E-state index contributed by atoms with van der Waals surface area (Å²) >= 11 is 1.84. The number of nitrogens with one attached hydrogen (secondary N) is 1. The van der Waals surface area contributed by atoms with Crippen molar-refractivity contribution >= 4 is 23.7 Å². The van der Waals surface area contributed by atoms with Crippen molar-refractivity contribution in [1.29, 1.82) is 0 Å². The van der Waals surface area contributed by atoms with E-state index < -0.39 is 0 Å².